The number of rotatable bonds is 5. The lowest BCUT2D eigenvalue weighted by Crippen LogP contribution is -2.22. The van der Waals surface area contributed by atoms with Gasteiger partial charge in [0.2, 0.25) is 0 Å². The maximum Gasteiger partial charge on any atom is 0.0606 e. The van der Waals surface area contributed by atoms with E-state index < -0.39 is 0 Å². The standard InChI is InChI=1S/C18H18N2S/c1-15-7-9-17(10-8-15)20(14-18-6-4-12-21-18)13-16-5-2-3-11-19-16/h2-12H,13-14H2,1H3. The molecule has 0 unspecified atom stereocenters. The average Bonchev–Trinajstić information content (AvgIpc) is 3.01. The van der Waals surface area contributed by atoms with Crippen molar-refractivity contribution in [1.29, 1.82) is 0 Å². The van der Waals surface area contributed by atoms with Crippen LogP contribution in [0.2, 0.25) is 0 Å². The summed E-state index contributed by atoms with van der Waals surface area (Å²) in [5.41, 5.74) is 3.61. The highest BCUT2D eigenvalue weighted by molar-refractivity contribution is 7.09. The smallest absolute Gasteiger partial charge is 0.0606 e. The molecule has 0 N–H and O–H groups in total. The summed E-state index contributed by atoms with van der Waals surface area (Å²) in [5.74, 6) is 0. The summed E-state index contributed by atoms with van der Waals surface area (Å²) >= 11 is 1.80. The zero-order valence-corrected chi connectivity index (χ0v) is 12.9. The van der Waals surface area contributed by atoms with Crippen molar-refractivity contribution in [3.63, 3.8) is 0 Å². The third kappa shape index (κ3) is 3.70. The molecule has 0 fully saturated rings. The molecule has 21 heavy (non-hydrogen) atoms. The number of anilines is 1. The van der Waals surface area contributed by atoms with Crippen LogP contribution in [-0.4, -0.2) is 4.98 Å². The number of aryl methyl sites for hydroxylation is 1. The second kappa shape index (κ2) is 6.55. The molecular weight excluding hydrogens is 276 g/mol. The van der Waals surface area contributed by atoms with Crippen molar-refractivity contribution < 1.29 is 0 Å². The molecule has 106 valence electrons. The van der Waals surface area contributed by atoms with Gasteiger partial charge in [0.25, 0.3) is 0 Å². The van der Waals surface area contributed by atoms with Crippen LogP contribution in [0.5, 0.6) is 0 Å². The molecule has 3 rings (SSSR count). The van der Waals surface area contributed by atoms with Crippen LogP contribution < -0.4 is 4.90 Å². The monoisotopic (exact) mass is 294 g/mol. The quantitative estimate of drug-likeness (QED) is 0.680. The average molecular weight is 294 g/mol. The van der Waals surface area contributed by atoms with E-state index in [1.807, 2.05) is 18.3 Å². The van der Waals surface area contributed by atoms with Gasteiger partial charge in [-0.25, -0.2) is 0 Å². The van der Waals surface area contributed by atoms with Crippen LogP contribution in [0.15, 0.2) is 66.2 Å². The molecule has 3 aromatic rings. The lowest BCUT2D eigenvalue weighted by Gasteiger charge is -2.24. The van der Waals surface area contributed by atoms with Gasteiger partial charge in [-0.3, -0.25) is 4.98 Å². The maximum absolute atomic E-state index is 4.45. The first-order valence-electron chi connectivity index (χ1n) is 7.05. The van der Waals surface area contributed by atoms with Gasteiger partial charge in [-0.15, -0.1) is 11.3 Å². The third-order valence-electron chi connectivity index (χ3n) is 3.40. The Bertz CT molecular complexity index is 660. The Balaban J connectivity index is 1.85. The number of thiophene rings is 1. The minimum Gasteiger partial charge on any atom is -0.360 e. The van der Waals surface area contributed by atoms with E-state index in [-0.39, 0.29) is 0 Å². The van der Waals surface area contributed by atoms with E-state index in [1.54, 1.807) is 11.3 Å². The van der Waals surface area contributed by atoms with E-state index in [9.17, 15) is 0 Å². The van der Waals surface area contributed by atoms with Gasteiger partial charge in [0, 0.05) is 16.8 Å². The van der Waals surface area contributed by atoms with E-state index in [0.29, 0.717) is 0 Å². The zero-order chi connectivity index (χ0) is 14.5. The second-order valence-corrected chi connectivity index (χ2v) is 6.12. The molecule has 3 heteroatoms. The number of aromatic nitrogens is 1. The maximum atomic E-state index is 4.45. The Labute approximate surface area is 129 Å². The molecule has 0 atom stereocenters. The van der Waals surface area contributed by atoms with Crippen LogP contribution in [0.1, 0.15) is 16.1 Å². The summed E-state index contributed by atoms with van der Waals surface area (Å²) in [4.78, 5) is 8.19. The first kappa shape index (κ1) is 13.8. The van der Waals surface area contributed by atoms with E-state index in [1.165, 1.54) is 16.1 Å². The lowest BCUT2D eigenvalue weighted by atomic mass is 10.2. The SMILES string of the molecule is Cc1ccc(N(Cc2ccccn2)Cc2cccs2)cc1. The van der Waals surface area contributed by atoms with E-state index in [0.717, 1.165) is 18.8 Å². The van der Waals surface area contributed by atoms with Crippen molar-refractivity contribution in [2.45, 2.75) is 20.0 Å². The predicted molar refractivity (Wildman–Crippen MR) is 89.6 cm³/mol. The fourth-order valence-corrected chi connectivity index (χ4v) is 2.99. The Hall–Kier alpha value is -2.13. The number of nitrogens with zero attached hydrogens (tertiary/aromatic N) is 2. The summed E-state index contributed by atoms with van der Waals surface area (Å²) in [6.07, 6.45) is 1.85. The molecule has 2 heterocycles. The number of hydrogen-bond acceptors (Lipinski definition) is 3. The summed E-state index contributed by atoms with van der Waals surface area (Å²) < 4.78 is 0. The molecule has 0 amide bonds. The molecule has 0 aliphatic heterocycles. The highest BCUT2D eigenvalue weighted by Gasteiger charge is 2.09. The number of pyridine rings is 1. The van der Waals surface area contributed by atoms with Crippen molar-refractivity contribution in [1.82, 2.24) is 4.98 Å². The van der Waals surface area contributed by atoms with Crippen LogP contribution in [0.4, 0.5) is 5.69 Å². The summed E-state index contributed by atoms with van der Waals surface area (Å²) in [7, 11) is 0. The van der Waals surface area contributed by atoms with Gasteiger partial charge in [0.15, 0.2) is 0 Å². The van der Waals surface area contributed by atoms with E-state index >= 15 is 0 Å². The molecule has 0 aliphatic rings. The Morgan fingerprint density at radius 1 is 0.952 bits per heavy atom. The van der Waals surface area contributed by atoms with Gasteiger partial charge in [-0.2, -0.15) is 0 Å². The summed E-state index contributed by atoms with van der Waals surface area (Å²) in [6.45, 7) is 3.85. The van der Waals surface area contributed by atoms with Gasteiger partial charge in [-0.05, 0) is 42.6 Å². The minimum atomic E-state index is 0.821. The molecule has 2 aromatic heterocycles. The summed E-state index contributed by atoms with van der Waals surface area (Å²) in [5, 5.41) is 2.13. The number of benzene rings is 1. The first-order chi connectivity index (χ1) is 10.3. The fourth-order valence-electron chi connectivity index (χ4n) is 2.27. The molecule has 0 bridgehead atoms. The minimum absolute atomic E-state index is 0.821. The highest BCUT2D eigenvalue weighted by Crippen LogP contribution is 2.22. The number of hydrogen-bond donors (Lipinski definition) is 0. The van der Waals surface area contributed by atoms with Crippen LogP contribution in [0, 0.1) is 6.92 Å². The van der Waals surface area contributed by atoms with Crippen molar-refractivity contribution in [2.75, 3.05) is 4.90 Å². The third-order valence-corrected chi connectivity index (χ3v) is 4.27. The highest BCUT2D eigenvalue weighted by atomic mass is 32.1. The van der Waals surface area contributed by atoms with Crippen LogP contribution in [0.3, 0.4) is 0 Å². The summed E-state index contributed by atoms with van der Waals surface area (Å²) in [6, 6.07) is 19.1. The predicted octanol–water partition coefficient (Wildman–Crippen LogP) is 4.66. The molecule has 0 radical (unpaired) electrons. The van der Waals surface area contributed by atoms with Gasteiger partial charge >= 0.3 is 0 Å². The van der Waals surface area contributed by atoms with Crippen LogP contribution in [-0.2, 0) is 13.1 Å². The largest absolute Gasteiger partial charge is 0.360 e. The Kier molecular flexibility index (Phi) is 4.31. The second-order valence-electron chi connectivity index (χ2n) is 5.09. The molecular formula is C18H18N2S. The van der Waals surface area contributed by atoms with Crippen molar-refractivity contribution in [2.24, 2.45) is 0 Å². The van der Waals surface area contributed by atoms with E-state index in [2.05, 4.69) is 64.7 Å². The van der Waals surface area contributed by atoms with Gasteiger partial charge < -0.3 is 4.90 Å². The molecule has 2 nitrogen and oxygen atoms in total. The molecule has 1 aromatic carbocycles. The van der Waals surface area contributed by atoms with Gasteiger partial charge in [-0.1, -0.05) is 29.8 Å². The zero-order valence-electron chi connectivity index (χ0n) is 12.1. The topological polar surface area (TPSA) is 16.1 Å². The molecule has 0 aliphatic carbocycles. The van der Waals surface area contributed by atoms with Crippen LogP contribution >= 0.6 is 11.3 Å². The Morgan fingerprint density at radius 2 is 1.81 bits per heavy atom. The molecule has 0 saturated carbocycles. The van der Waals surface area contributed by atoms with E-state index in [4.69, 9.17) is 0 Å². The van der Waals surface area contributed by atoms with Crippen LogP contribution in [0.25, 0.3) is 0 Å². The molecule has 0 saturated heterocycles. The van der Waals surface area contributed by atoms with Gasteiger partial charge in [0.05, 0.1) is 18.8 Å². The normalized spacial score (nSPS) is 10.5. The molecule has 0 spiro atoms. The van der Waals surface area contributed by atoms with Crippen molar-refractivity contribution in [3.8, 4) is 0 Å². The first-order valence-corrected chi connectivity index (χ1v) is 7.93. The lowest BCUT2D eigenvalue weighted by molar-refractivity contribution is 0.789. The van der Waals surface area contributed by atoms with Gasteiger partial charge in [0.1, 0.15) is 0 Å². The van der Waals surface area contributed by atoms with Crippen molar-refractivity contribution >= 4 is 17.0 Å². The Morgan fingerprint density at radius 3 is 2.48 bits per heavy atom. The fraction of sp³-hybridized carbons (Fsp3) is 0.167. The van der Waals surface area contributed by atoms with Crippen molar-refractivity contribution in [3.05, 3.63) is 82.3 Å².